The number of carbonyl (C=O) groups excluding carboxylic acids is 2. The van der Waals surface area contributed by atoms with E-state index in [9.17, 15) is 9.59 Å². The van der Waals surface area contributed by atoms with Crippen molar-refractivity contribution in [2.24, 2.45) is 5.16 Å². The van der Waals surface area contributed by atoms with Crippen LogP contribution in [0.1, 0.15) is 18.7 Å². The molecule has 1 rings (SSSR count). The molecule has 0 aromatic carbocycles. The molecule has 1 aromatic heterocycles. The number of thiophene rings is 1. The van der Waals surface area contributed by atoms with Gasteiger partial charge in [0.25, 0.3) is 5.91 Å². The van der Waals surface area contributed by atoms with Crippen LogP contribution in [0.4, 0.5) is 0 Å². The zero-order valence-electron chi connectivity index (χ0n) is 10.7. The number of rotatable bonds is 6. The lowest BCUT2D eigenvalue weighted by atomic mass is 10.3. The molecule has 0 spiro atoms. The predicted octanol–water partition coefficient (Wildman–Crippen LogP) is 1.69. The molecule has 0 fully saturated rings. The van der Waals surface area contributed by atoms with Gasteiger partial charge in [0.1, 0.15) is 5.71 Å². The van der Waals surface area contributed by atoms with E-state index in [1.165, 1.54) is 6.92 Å². The van der Waals surface area contributed by atoms with Crippen LogP contribution < -0.4 is 0 Å². The molecule has 0 atom stereocenters. The monoisotopic (exact) mass is 268 g/mol. The quantitative estimate of drug-likeness (QED) is 0.582. The molecule has 0 aliphatic heterocycles. The van der Waals surface area contributed by atoms with Gasteiger partial charge in [0.15, 0.2) is 12.4 Å². The van der Waals surface area contributed by atoms with Gasteiger partial charge >= 0.3 is 0 Å². The van der Waals surface area contributed by atoms with Crippen LogP contribution in [0.15, 0.2) is 22.7 Å². The molecule has 98 valence electrons. The van der Waals surface area contributed by atoms with Crippen molar-refractivity contribution in [3.63, 3.8) is 0 Å². The van der Waals surface area contributed by atoms with Crippen molar-refractivity contribution >= 4 is 28.7 Å². The molecular formula is C12H16N2O3S. The van der Waals surface area contributed by atoms with Crippen molar-refractivity contribution in [1.29, 1.82) is 0 Å². The number of hydrogen-bond donors (Lipinski definition) is 0. The van der Waals surface area contributed by atoms with Crippen molar-refractivity contribution in [2.45, 2.75) is 20.4 Å². The number of nitrogens with zero attached hydrogens (tertiary/aromatic N) is 2. The largest absolute Gasteiger partial charge is 0.385 e. The molecule has 18 heavy (non-hydrogen) atoms. The summed E-state index contributed by atoms with van der Waals surface area (Å²) in [7, 11) is 1.70. The van der Waals surface area contributed by atoms with E-state index in [0.717, 1.165) is 4.88 Å². The summed E-state index contributed by atoms with van der Waals surface area (Å²) in [5.41, 5.74) is 0.253. The molecule has 0 unspecified atom stereocenters. The Kier molecular flexibility index (Phi) is 5.51. The van der Waals surface area contributed by atoms with Gasteiger partial charge < -0.3 is 9.74 Å². The first-order valence-electron chi connectivity index (χ1n) is 5.44. The van der Waals surface area contributed by atoms with E-state index in [1.54, 1.807) is 30.2 Å². The topological polar surface area (TPSA) is 59.0 Å². The van der Waals surface area contributed by atoms with Gasteiger partial charge in [-0.2, -0.15) is 0 Å². The highest BCUT2D eigenvalue weighted by atomic mass is 32.1. The van der Waals surface area contributed by atoms with Gasteiger partial charge in [-0.3, -0.25) is 9.59 Å². The number of Topliss-reactive ketones (excluding diaryl/α,β-unsaturated/α-hetero) is 1. The van der Waals surface area contributed by atoms with Gasteiger partial charge in [0, 0.05) is 18.8 Å². The summed E-state index contributed by atoms with van der Waals surface area (Å²) in [6.45, 7) is 3.33. The van der Waals surface area contributed by atoms with Gasteiger partial charge in [-0.1, -0.05) is 11.2 Å². The Bertz CT molecular complexity index is 440. The van der Waals surface area contributed by atoms with E-state index >= 15 is 0 Å². The number of amides is 1. The summed E-state index contributed by atoms with van der Waals surface area (Å²) >= 11 is 1.59. The van der Waals surface area contributed by atoms with Crippen LogP contribution in [0.5, 0.6) is 0 Å². The summed E-state index contributed by atoms with van der Waals surface area (Å²) in [6, 6.07) is 3.91. The number of ketones is 1. The number of likely N-dealkylation sites (N-methyl/N-ethyl adjacent to an activating group) is 1. The van der Waals surface area contributed by atoms with Gasteiger partial charge in [-0.05, 0) is 18.4 Å². The molecule has 1 heterocycles. The molecule has 5 nitrogen and oxygen atoms in total. The van der Waals surface area contributed by atoms with Crippen molar-refractivity contribution in [3.8, 4) is 0 Å². The lowest BCUT2D eigenvalue weighted by Gasteiger charge is -2.15. The van der Waals surface area contributed by atoms with Crippen LogP contribution in [-0.2, 0) is 21.0 Å². The summed E-state index contributed by atoms with van der Waals surface area (Å²) in [4.78, 5) is 30.0. The zero-order valence-corrected chi connectivity index (χ0v) is 11.5. The minimum absolute atomic E-state index is 0.160. The summed E-state index contributed by atoms with van der Waals surface area (Å²) in [6.07, 6.45) is 0. The third-order valence-electron chi connectivity index (χ3n) is 2.30. The highest BCUT2D eigenvalue weighted by Crippen LogP contribution is 2.10. The highest BCUT2D eigenvalue weighted by molar-refractivity contribution is 7.09. The van der Waals surface area contributed by atoms with Crippen molar-refractivity contribution in [2.75, 3.05) is 13.7 Å². The van der Waals surface area contributed by atoms with Crippen LogP contribution in [0.25, 0.3) is 0 Å². The SMILES string of the molecule is CC(=O)C(C)=NOCC(=O)N(C)Cc1cccs1. The maximum absolute atomic E-state index is 11.7. The van der Waals surface area contributed by atoms with Crippen LogP contribution >= 0.6 is 11.3 Å². The lowest BCUT2D eigenvalue weighted by Crippen LogP contribution is -2.29. The number of carbonyl (C=O) groups is 2. The van der Waals surface area contributed by atoms with Crippen LogP contribution in [0.3, 0.4) is 0 Å². The highest BCUT2D eigenvalue weighted by Gasteiger charge is 2.10. The Labute approximate surface area is 110 Å². The number of oxime groups is 1. The fraction of sp³-hybridized carbons (Fsp3) is 0.417. The van der Waals surface area contributed by atoms with Crippen molar-refractivity contribution in [1.82, 2.24) is 4.90 Å². The van der Waals surface area contributed by atoms with Gasteiger partial charge in [-0.25, -0.2) is 0 Å². The normalized spacial score (nSPS) is 11.2. The summed E-state index contributed by atoms with van der Waals surface area (Å²) < 4.78 is 0. The predicted molar refractivity (Wildman–Crippen MR) is 70.5 cm³/mol. The lowest BCUT2D eigenvalue weighted by molar-refractivity contribution is -0.135. The summed E-state index contributed by atoms with van der Waals surface area (Å²) in [5, 5.41) is 5.53. The minimum Gasteiger partial charge on any atom is -0.385 e. The van der Waals surface area contributed by atoms with Crippen molar-refractivity contribution in [3.05, 3.63) is 22.4 Å². The Hall–Kier alpha value is -1.69. The van der Waals surface area contributed by atoms with E-state index in [4.69, 9.17) is 4.84 Å². The molecular weight excluding hydrogens is 252 g/mol. The number of hydrogen-bond acceptors (Lipinski definition) is 5. The Balaban J connectivity index is 2.37. The van der Waals surface area contributed by atoms with Gasteiger partial charge in [0.05, 0.1) is 6.54 Å². The van der Waals surface area contributed by atoms with E-state index in [2.05, 4.69) is 5.16 Å². The van der Waals surface area contributed by atoms with Crippen molar-refractivity contribution < 1.29 is 14.4 Å². The van der Waals surface area contributed by atoms with Crippen LogP contribution in [-0.4, -0.2) is 36.0 Å². The second kappa shape index (κ2) is 6.90. The van der Waals surface area contributed by atoms with Gasteiger partial charge in [-0.15, -0.1) is 11.3 Å². The molecule has 0 radical (unpaired) electrons. The Morgan fingerprint density at radius 3 is 2.72 bits per heavy atom. The first kappa shape index (κ1) is 14.4. The third kappa shape index (κ3) is 4.67. The zero-order chi connectivity index (χ0) is 13.5. The van der Waals surface area contributed by atoms with E-state index < -0.39 is 0 Å². The van der Waals surface area contributed by atoms with E-state index in [1.807, 2.05) is 17.5 Å². The smallest absolute Gasteiger partial charge is 0.263 e. The first-order chi connectivity index (χ1) is 8.50. The minimum atomic E-state index is -0.177. The third-order valence-corrected chi connectivity index (χ3v) is 3.16. The molecule has 0 saturated heterocycles. The summed E-state index contributed by atoms with van der Waals surface area (Å²) in [5.74, 6) is -0.349. The fourth-order valence-corrected chi connectivity index (χ4v) is 1.84. The second-order valence-corrected chi connectivity index (χ2v) is 4.87. The fourth-order valence-electron chi connectivity index (χ4n) is 1.08. The molecule has 0 aliphatic carbocycles. The Morgan fingerprint density at radius 2 is 2.17 bits per heavy atom. The molecule has 0 aliphatic rings. The molecule has 1 aromatic rings. The standard InChI is InChI=1S/C12H16N2O3S/c1-9(10(2)15)13-17-8-12(16)14(3)7-11-5-4-6-18-11/h4-6H,7-8H2,1-3H3. The first-order valence-corrected chi connectivity index (χ1v) is 6.32. The van der Waals surface area contributed by atoms with E-state index in [-0.39, 0.29) is 24.0 Å². The van der Waals surface area contributed by atoms with Gasteiger partial charge in [0.2, 0.25) is 0 Å². The maximum Gasteiger partial charge on any atom is 0.263 e. The molecule has 0 N–H and O–H groups in total. The molecule has 0 bridgehead atoms. The molecule has 0 saturated carbocycles. The average molecular weight is 268 g/mol. The Morgan fingerprint density at radius 1 is 1.44 bits per heavy atom. The van der Waals surface area contributed by atoms with E-state index in [0.29, 0.717) is 6.54 Å². The second-order valence-electron chi connectivity index (χ2n) is 3.84. The molecule has 6 heteroatoms. The maximum atomic E-state index is 11.7. The molecule has 1 amide bonds. The van der Waals surface area contributed by atoms with Crippen LogP contribution in [0, 0.1) is 0 Å². The average Bonchev–Trinajstić information content (AvgIpc) is 2.81. The van der Waals surface area contributed by atoms with Crippen LogP contribution in [0.2, 0.25) is 0 Å².